The van der Waals surface area contributed by atoms with Crippen molar-refractivity contribution in [2.45, 2.75) is 25.7 Å². The van der Waals surface area contributed by atoms with Crippen LogP contribution in [-0.2, 0) is 11.8 Å². The molecule has 0 saturated carbocycles. The highest BCUT2D eigenvalue weighted by Gasteiger charge is 2.25. The average Bonchev–Trinajstić information content (AvgIpc) is 2.33. The fourth-order valence-electron chi connectivity index (χ4n) is 2.14. The zero-order valence-electron chi connectivity index (χ0n) is 10.3. The summed E-state index contributed by atoms with van der Waals surface area (Å²) in [4.78, 5) is 0. The van der Waals surface area contributed by atoms with E-state index in [0.29, 0.717) is 0 Å². The molecule has 1 aromatic rings. The van der Waals surface area contributed by atoms with Gasteiger partial charge in [-0.1, -0.05) is 66.7 Å². The molecule has 0 atom stereocenters. The van der Waals surface area contributed by atoms with E-state index < -0.39 is 0 Å². The van der Waals surface area contributed by atoms with Crippen LogP contribution >= 0.6 is 15.9 Å². The van der Waals surface area contributed by atoms with Gasteiger partial charge in [-0.2, -0.15) is 0 Å². The van der Waals surface area contributed by atoms with Gasteiger partial charge in [-0.3, -0.25) is 0 Å². The first kappa shape index (κ1) is 12.4. The zero-order chi connectivity index (χ0) is 12.5. The number of allylic oxidation sites excluding steroid dienone is 5. The van der Waals surface area contributed by atoms with Gasteiger partial charge in [-0.05, 0) is 35.3 Å². The maximum absolute atomic E-state index is 4.20. The molecule has 88 valence electrons. The molecule has 0 N–H and O–H groups in total. The van der Waals surface area contributed by atoms with Crippen molar-refractivity contribution < 1.29 is 0 Å². The number of hydrogen-bond acceptors (Lipinski definition) is 0. The van der Waals surface area contributed by atoms with Gasteiger partial charge < -0.3 is 0 Å². The number of rotatable bonds is 0. The second kappa shape index (κ2) is 4.66. The standard InChI is InChI=1S/C16H17Br/c1-12-7-5-4-6-8-13-9-10-14(17)11-15(13)16(12,2)3/h4-7,9-11H,1,8H2,2-3H3. The van der Waals surface area contributed by atoms with E-state index in [-0.39, 0.29) is 5.41 Å². The van der Waals surface area contributed by atoms with Crippen molar-refractivity contribution in [2.75, 3.05) is 0 Å². The molecule has 0 saturated heterocycles. The predicted molar refractivity (Wildman–Crippen MR) is 78.3 cm³/mol. The molecule has 2 rings (SSSR count). The van der Waals surface area contributed by atoms with E-state index in [0.717, 1.165) is 16.5 Å². The summed E-state index contributed by atoms with van der Waals surface area (Å²) in [5, 5.41) is 0. The Morgan fingerprint density at radius 2 is 2.00 bits per heavy atom. The van der Waals surface area contributed by atoms with Crippen LogP contribution in [0.15, 0.2) is 59.1 Å². The van der Waals surface area contributed by atoms with E-state index in [1.54, 1.807) is 0 Å². The molecule has 0 radical (unpaired) electrons. The van der Waals surface area contributed by atoms with Crippen LogP contribution in [0.3, 0.4) is 0 Å². The monoisotopic (exact) mass is 288 g/mol. The van der Waals surface area contributed by atoms with E-state index >= 15 is 0 Å². The lowest BCUT2D eigenvalue weighted by molar-refractivity contribution is 0.635. The normalized spacial score (nSPS) is 18.2. The van der Waals surface area contributed by atoms with Crippen molar-refractivity contribution in [2.24, 2.45) is 0 Å². The van der Waals surface area contributed by atoms with Crippen LogP contribution in [0.1, 0.15) is 25.0 Å². The Kier molecular flexibility index (Phi) is 3.39. The van der Waals surface area contributed by atoms with Crippen LogP contribution in [0.2, 0.25) is 0 Å². The van der Waals surface area contributed by atoms with Crippen LogP contribution in [0.5, 0.6) is 0 Å². The summed E-state index contributed by atoms with van der Waals surface area (Å²) in [7, 11) is 0. The number of hydrogen-bond donors (Lipinski definition) is 0. The second-order valence-electron chi connectivity index (χ2n) is 4.94. The van der Waals surface area contributed by atoms with Crippen molar-refractivity contribution in [3.63, 3.8) is 0 Å². The Morgan fingerprint density at radius 3 is 2.76 bits per heavy atom. The van der Waals surface area contributed by atoms with Gasteiger partial charge in [-0.25, -0.2) is 0 Å². The quantitative estimate of drug-likeness (QED) is 0.634. The predicted octanol–water partition coefficient (Wildman–Crippen LogP) is 4.95. The third kappa shape index (κ3) is 2.44. The molecule has 0 aromatic heterocycles. The smallest absolute Gasteiger partial charge is 0.0178 e. The van der Waals surface area contributed by atoms with Crippen molar-refractivity contribution in [3.05, 3.63) is 70.3 Å². The molecule has 0 amide bonds. The fourth-order valence-corrected chi connectivity index (χ4v) is 2.50. The summed E-state index contributed by atoms with van der Waals surface area (Å²) in [5.41, 5.74) is 3.84. The SMILES string of the molecule is C=C1C=CC=CCc2ccc(Br)cc2C1(C)C. The third-order valence-corrected chi connectivity index (χ3v) is 3.92. The number of benzene rings is 1. The van der Waals surface area contributed by atoms with Gasteiger partial charge in [-0.15, -0.1) is 0 Å². The molecule has 1 aliphatic carbocycles. The van der Waals surface area contributed by atoms with Crippen LogP contribution in [0.25, 0.3) is 0 Å². The maximum atomic E-state index is 4.20. The molecule has 0 bridgehead atoms. The Bertz CT molecular complexity index is 504. The van der Waals surface area contributed by atoms with Crippen LogP contribution < -0.4 is 0 Å². The molecule has 1 aromatic carbocycles. The summed E-state index contributed by atoms with van der Waals surface area (Å²) in [6.07, 6.45) is 9.44. The minimum absolute atomic E-state index is 0.0262. The lowest BCUT2D eigenvalue weighted by atomic mass is 9.76. The minimum atomic E-state index is -0.0262. The first-order valence-corrected chi connectivity index (χ1v) is 6.62. The Labute approximate surface area is 112 Å². The molecule has 0 nitrogen and oxygen atoms in total. The summed E-state index contributed by atoms with van der Waals surface area (Å²) in [6.45, 7) is 8.67. The van der Waals surface area contributed by atoms with Crippen molar-refractivity contribution in [1.29, 1.82) is 0 Å². The van der Waals surface area contributed by atoms with E-state index in [9.17, 15) is 0 Å². The van der Waals surface area contributed by atoms with Crippen LogP contribution in [0, 0.1) is 0 Å². The van der Waals surface area contributed by atoms with E-state index in [2.05, 4.69) is 78.9 Å². The highest BCUT2D eigenvalue weighted by atomic mass is 79.9. The van der Waals surface area contributed by atoms with E-state index in [4.69, 9.17) is 0 Å². The summed E-state index contributed by atoms with van der Waals surface area (Å²) in [5.74, 6) is 0. The first-order valence-electron chi connectivity index (χ1n) is 5.83. The van der Waals surface area contributed by atoms with Crippen LogP contribution in [0.4, 0.5) is 0 Å². The largest absolute Gasteiger partial charge is 0.0949 e. The van der Waals surface area contributed by atoms with Crippen molar-refractivity contribution in [1.82, 2.24) is 0 Å². The summed E-state index contributed by atoms with van der Waals surface area (Å²) < 4.78 is 1.13. The van der Waals surface area contributed by atoms with Crippen LogP contribution in [-0.4, -0.2) is 0 Å². The Hall–Kier alpha value is -1.08. The van der Waals surface area contributed by atoms with Gasteiger partial charge in [0.05, 0.1) is 0 Å². The lowest BCUT2D eigenvalue weighted by Crippen LogP contribution is -2.20. The number of fused-ring (bicyclic) bond motifs is 1. The topological polar surface area (TPSA) is 0 Å². The van der Waals surface area contributed by atoms with Crippen molar-refractivity contribution >= 4 is 15.9 Å². The maximum Gasteiger partial charge on any atom is 0.0178 e. The molecule has 1 heteroatoms. The highest BCUT2D eigenvalue weighted by molar-refractivity contribution is 9.10. The minimum Gasteiger partial charge on any atom is -0.0949 e. The molecular formula is C16H17Br. The molecule has 17 heavy (non-hydrogen) atoms. The van der Waals surface area contributed by atoms with Crippen molar-refractivity contribution in [3.8, 4) is 0 Å². The molecule has 0 fully saturated rings. The second-order valence-corrected chi connectivity index (χ2v) is 5.86. The average molecular weight is 289 g/mol. The number of halogens is 1. The third-order valence-electron chi connectivity index (χ3n) is 3.43. The highest BCUT2D eigenvalue weighted by Crippen LogP contribution is 2.36. The van der Waals surface area contributed by atoms with Gasteiger partial charge in [0.1, 0.15) is 0 Å². The molecular weight excluding hydrogens is 272 g/mol. The van der Waals surface area contributed by atoms with Gasteiger partial charge in [0, 0.05) is 9.89 Å². The van der Waals surface area contributed by atoms with Gasteiger partial charge >= 0.3 is 0 Å². The summed E-state index contributed by atoms with van der Waals surface area (Å²) >= 11 is 3.56. The Morgan fingerprint density at radius 1 is 1.24 bits per heavy atom. The lowest BCUT2D eigenvalue weighted by Gasteiger charge is -2.28. The molecule has 0 unspecified atom stereocenters. The van der Waals surface area contributed by atoms with E-state index in [1.165, 1.54) is 11.1 Å². The van der Waals surface area contributed by atoms with E-state index in [1.807, 2.05) is 0 Å². The molecule has 0 spiro atoms. The molecule has 0 aliphatic heterocycles. The van der Waals surface area contributed by atoms with Gasteiger partial charge in [0.2, 0.25) is 0 Å². The van der Waals surface area contributed by atoms with Gasteiger partial charge in [0.25, 0.3) is 0 Å². The molecule has 0 heterocycles. The first-order chi connectivity index (χ1) is 8.01. The van der Waals surface area contributed by atoms with Gasteiger partial charge in [0.15, 0.2) is 0 Å². The Balaban J connectivity index is 2.63. The summed E-state index contributed by atoms with van der Waals surface area (Å²) in [6, 6.07) is 6.52. The fraction of sp³-hybridized carbons (Fsp3) is 0.250. The zero-order valence-corrected chi connectivity index (χ0v) is 11.9. The molecule has 1 aliphatic rings.